The normalized spacial score (nSPS) is 25.8. The van der Waals surface area contributed by atoms with Crippen LogP contribution in [0.15, 0.2) is 72.3 Å². The number of phenolic OH excluding ortho intramolecular Hbond substituents is 1. The van der Waals surface area contributed by atoms with Gasteiger partial charge in [0.15, 0.2) is 0 Å². The highest BCUT2D eigenvalue weighted by Gasteiger charge is 2.68. The van der Waals surface area contributed by atoms with Crippen molar-refractivity contribution in [3.63, 3.8) is 0 Å². The Morgan fingerprint density at radius 1 is 0.929 bits per heavy atom. The molecule has 6 atom stereocenters. The Morgan fingerprint density at radius 3 is 2.41 bits per heavy atom. The summed E-state index contributed by atoms with van der Waals surface area (Å²) in [4.78, 5) is 72.9. The molecule has 1 saturated carbocycles. The molecule has 2 saturated heterocycles. The van der Waals surface area contributed by atoms with E-state index in [0.29, 0.717) is 21.9 Å². The quantitative estimate of drug-likeness (QED) is 0.120. The summed E-state index contributed by atoms with van der Waals surface area (Å²) in [6.07, 6.45) is 2.11. The van der Waals surface area contributed by atoms with Crippen LogP contribution in [0.5, 0.6) is 11.5 Å². The van der Waals surface area contributed by atoms with E-state index in [1.807, 2.05) is 31.2 Å². The van der Waals surface area contributed by atoms with Crippen LogP contribution in [0.25, 0.3) is 20.7 Å². The maximum absolute atomic E-state index is 15.1. The van der Waals surface area contributed by atoms with Crippen molar-refractivity contribution in [1.82, 2.24) is 9.78 Å². The Labute approximate surface area is 333 Å². The number of hydrogen-bond acceptors (Lipinski definition) is 9. The van der Waals surface area contributed by atoms with Gasteiger partial charge in [-0.1, -0.05) is 40.9 Å². The molecule has 0 bridgehead atoms. The van der Waals surface area contributed by atoms with E-state index in [1.54, 1.807) is 26.1 Å². The Balaban J connectivity index is 1.14. The van der Waals surface area contributed by atoms with Gasteiger partial charge >= 0.3 is 5.97 Å². The number of fused-ring (bicyclic) bond motifs is 5. The summed E-state index contributed by atoms with van der Waals surface area (Å²) in [5, 5.41) is 36.7. The molecule has 4 heterocycles. The first-order chi connectivity index (χ1) is 26.6. The second kappa shape index (κ2) is 12.5. The largest absolute Gasteiger partial charge is 0.508 e. The molecular formula is C41H32Cl2N4O8S. The highest BCUT2D eigenvalue weighted by molar-refractivity contribution is 7.22. The zero-order valence-corrected chi connectivity index (χ0v) is 32.3. The third-order valence-corrected chi connectivity index (χ3v) is 14.1. The molecule has 2 aromatic heterocycles. The first kappa shape index (κ1) is 36.2. The van der Waals surface area contributed by atoms with Crippen LogP contribution < -0.4 is 9.80 Å². The van der Waals surface area contributed by atoms with Crippen LogP contribution in [0.4, 0.5) is 11.5 Å². The van der Waals surface area contributed by atoms with E-state index in [1.165, 1.54) is 39.1 Å². The number of nitrogens with zero attached hydrogens (tertiary/aromatic N) is 4. The predicted molar refractivity (Wildman–Crippen MR) is 209 cm³/mol. The molecule has 4 amide bonds. The number of amides is 4. The van der Waals surface area contributed by atoms with Gasteiger partial charge in [0, 0.05) is 39.8 Å². The number of aryl methyl sites for hydroxylation is 2. The van der Waals surface area contributed by atoms with Crippen LogP contribution in [0.3, 0.4) is 0 Å². The standard InChI is InChI=1S/C41H32Cl2N4O8S/c1-17-25-12-18(42)4-11-31(25)56-35(17)29-16-32(45(3)44-29)47-37(51)27-15-26-21(34(41(27,2)40(47)55)22-8-6-20(48)14-28(22)43)9-10-24-33(26)38(52)46(36(24)50)19-5-7-23(39(53)54)30(49)13-19/h4-9,11-14,16,24,26-27,33-34,48-49H,10,15H2,1-3H3,(H,53,54)/t24-,26+,27-,33-,34+,41+/m0/s1. The minimum absolute atomic E-state index is 0.0273. The van der Waals surface area contributed by atoms with Gasteiger partial charge in [-0.25, -0.2) is 14.6 Å². The van der Waals surface area contributed by atoms with E-state index in [9.17, 15) is 34.5 Å². The van der Waals surface area contributed by atoms with Gasteiger partial charge in [-0.3, -0.25) is 23.9 Å². The lowest BCUT2D eigenvalue weighted by molar-refractivity contribution is -0.131. The van der Waals surface area contributed by atoms with Crippen molar-refractivity contribution in [1.29, 1.82) is 0 Å². The third-order valence-electron chi connectivity index (χ3n) is 12.3. The Kier molecular flexibility index (Phi) is 8.07. The summed E-state index contributed by atoms with van der Waals surface area (Å²) in [5.41, 5.74) is 0.966. The topological polar surface area (TPSA) is 170 Å². The van der Waals surface area contributed by atoms with Crippen molar-refractivity contribution >= 4 is 85.7 Å². The molecule has 284 valence electrons. The predicted octanol–water partition coefficient (Wildman–Crippen LogP) is 7.46. The fraction of sp³-hybridized carbons (Fsp3) is 0.268. The summed E-state index contributed by atoms with van der Waals surface area (Å²) >= 11 is 14.7. The van der Waals surface area contributed by atoms with Crippen molar-refractivity contribution in [2.24, 2.45) is 36.1 Å². The molecule has 3 N–H and O–H groups in total. The molecule has 0 spiro atoms. The van der Waals surface area contributed by atoms with Crippen molar-refractivity contribution in [3.8, 4) is 22.1 Å². The minimum Gasteiger partial charge on any atom is -0.508 e. The number of phenols is 2. The van der Waals surface area contributed by atoms with E-state index in [0.717, 1.165) is 37.6 Å². The molecular weight excluding hydrogens is 779 g/mol. The van der Waals surface area contributed by atoms with Gasteiger partial charge in [-0.15, -0.1) is 11.3 Å². The second-order valence-corrected chi connectivity index (χ2v) is 17.0. The van der Waals surface area contributed by atoms with Gasteiger partial charge in [0.2, 0.25) is 23.6 Å². The average molecular weight is 812 g/mol. The number of carbonyl (C=O) groups excluding carboxylic acids is 4. The van der Waals surface area contributed by atoms with Gasteiger partial charge in [0.05, 0.1) is 33.7 Å². The number of halogens is 2. The molecule has 3 fully saturated rings. The molecule has 2 aliphatic heterocycles. The fourth-order valence-electron chi connectivity index (χ4n) is 9.64. The van der Waals surface area contributed by atoms with E-state index in [-0.39, 0.29) is 40.7 Å². The van der Waals surface area contributed by atoms with Crippen molar-refractivity contribution in [2.45, 2.75) is 32.6 Å². The number of hydrogen-bond donors (Lipinski definition) is 3. The number of thiophene rings is 1. The molecule has 4 aliphatic rings. The SMILES string of the molecule is Cc1c(-c2cc(N3C(=O)[C@@H]4C[C@@H]5C(=CC[C@@H]6C(=O)N(c7ccc(C(=O)O)c(O)c7)C(=O)[C@@H]65)[C@H](c5ccc(O)cc5Cl)[C@]4(C)C3=O)n(C)n2)sc2ccc(Cl)cc12. The highest BCUT2D eigenvalue weighted by atomic mass is 35.5. The monoisotopic (exact) mass is 810 g/mol. The number of anilines is 2. The summed E-state index contributed by atoms with van der Waals surface area (Å²) in [7, 11) is 1.67. The molecule has 9 rings (SSSR count). The first-order valence-corrected chi connectivity index (χ1v) is 19.4. The molecule has 2 aliphatic carbocycles. The van der Waals surface area contributed by atoms with Crippen LogP contribution in [-0.4, -0.2) is 54.7 Å². The number of rotatable bonds is 5. The Morgan fingerprint density at radius 2 is 1.70 bits per heavy atom. The van der Waals surface area contributed by atoms with Crippen LogP contribution in [0.1, 0.15) is 47.2 Å². The number of imide groups is 2. The number of carboxylic acid groups (broad SMARTS) is 1. The molecule has 0 unspecified atom stereocenters. The van der Waals surface area contributed by atoms with Crippen LogP contribution in [0.2, 0.25) is 10.0 Å². The zero-order valence-electron chi connectivity index (χ0n) is 30.0. The highest BCUT2D eigenvalue weighted by Crippen LogP contribution is 2.64. The van der Waals surface area contributed by atoms with Crippen LogP contribution >= 0.6 is 34.5 Å². The van der Waals surface area contributed by atoms with Gasteiger partial charge in [0.25, 0.3) is 0 Å². The number of benzene rings is 3. The van der Waals surface area contributed by atoms with Gasteiger partial charge in [-0.2, -0.15) is 5.10 Å². The van der Waals surface area contributed by atoms with Crippen LogP contribution in [-0.2, 0) is 26.2 Å². The maximum atomic E-state index is 15.1. The van der Waals surface area contributed by atoms with E-state index >= 15 is 4.79 Å². The molecule has 5 aromatic rings. The van der Waals surface area contributed by atoms with E-state index in [2.05, 4.69) is 0 Å². The number of allylic oxidation sites excluding steroid dienone is 2. The van der Waals surface area contributed by atoms with Gasteiger partial charge in [0.1, 0.15) is 28.6 Å². The number of aromatic nitrogens is 2. The van der Waals surface area contributed by atoms with Crippen LogP contribution in [0, 0.1) is 36.0 Å². The lowest BCUT2D eigenvalue weighted by Gasteiger charge is -2.49. The van der Waals surface area contributed by atoms with Crippen molar-refractivity contribution < 1.29 is 39.3 Å². The smallest absolute Gasteiger partial charge is 0.339 e. The van der Waals surface area contributed by atoms with Crippen molar-refractivity contribution in [2.75, 3.05) is 9.80 Å². The number of aromatic carboxylic acids is 1. The van der Waals surface area contributed by atoms with Gasteiger partial charge < -0.3 is 15.3 Å². The average Bonchev–Trinajstić information content (AvgIpc) is 3.82. The molecule has 56 heavy (non-hydrogen) atoms. The molecule has 0 radical (unpaired) electrons. The van der Waals surface area contributed by atoms with Crippen molar-refractivity contribution in [3.05, 3.63) is 99.0 Å². The summed E-state index contributed by atoms with van der Waals surface area (Å²) in [5.74, 6) is -7.96. The number of carbonyl (C=O) groups is 5. The molecule has 15 heteroatoms. The first-order valence-electron chi connectivity index (χ1n) is 17.9. The molecule has 3 aromatic carbocycles. The Hall–Kier alpha value is -5.50. The maximum Gasteiger partial charge on any atom is 0.339 e. The third kappa shape index (κ3) is 4.96. The lowest BCUT2D eigenvalue weighted by Crippen LogP contribution is -2.49. The minimum atomic E-state index is -1.40. The number of aromatic hydroxyl groups is 2. The van der Waals surface area contributed by atoms with Gasteiger partial charge in [-0.05, 0) is 91.6 Å². The van der Waals surface area contributed by atoms with E-state index in [4.69, 9.17) is 28.3 Å². The zero-order chi connectivity index (χ0) is 39.7. The lowest BCUT2D eigenvalue weighted by atomic mass is 9.51. The number of carboxylic acids is 1. The summed E-state index contributed by atoms with van der Waals surface area (Å²) in [6.45, 7) is 3.71. The van der Waals surface area contributed by atoms with E-state index < -0.39 is 70.4 Å². The molecule has 12 nitrogen and oxygen atoms in total. The summed E-state index contributed by atoms with van der Waals surface area (Å²) in [6, 6.07) is 15.3. The fourth-order valence-corrected chi connectivity index (χ4v) is 11.2. The Bertz CT molecular complexity index is 2670. The second-order valence-electron chi connectivity index (χ2n) is 15.1. The summed E-state index contributed by atoms with van der Waals surface area (Å²) < 4.78 is 2.52.